The third-order valence-corrected chi connectivity index (χ3v) is 4.65. The summed E-state index contributed by atoms with van der Waals surface area (Å²) in [6.45, 7) is 13.4. The summed E-state index contributed by atoms with van der Waals surface area (Å²) < 4.78 is 13.9. The molecule has 0 bridgehead atoms. The third-order valence-electron chi connectivity index (χ3n) is 4.65. The minimum Gasteiger partial charge on any atom is -0.370 e. The number of hydrogen-bond donors (Lipinski definition) is 0. The number of hydrogen-bond acceptors (Lipinski definition) is 3. The van der Waals surface area contributed by atoms with E-state index in [2.05, 4.69) is 36.4 Å². The quantitative estimate of drug-likeness (QED) is 0.329. The summed E-state index contributed by atoms with van der Waals surface area (Å²) in [5.74, 6) is 0.865. The van der Waals surface area contributed by atoms with Crippen molar-refractivity contribution in [1.29, 1.82) is 0 Å². The molecule has 0 saturated carbocycles. The Morgan fingerprint density at radius 2 is 1.96 bits per heavy atom. The number of halogens is 1. The lowest BCUT2D eigenvalue weighted by Crippen LogP contribution is -2.28. The number of nitrogens with zero attached hydrogens (tertiary/aromatic N) is 3. The maximum Gasteiger partial charge on any atom is 0.0798 e. The molecule has 0 spiro atoms. The smallest absolute Gasteiger partial charge is 0.0798 e. The van der Waals surface area contributed by atoms with Crippen LogP contribution in [-0.4, -0.2) is 49.0 Å². The van der Waals surface area contributed by atoms with Gasteiger partial charge in [0, 0.05) is 33.2 Å². The fourth-order valence-corrected chi connectivity index (χ4v) is 3.24. The average Bonchev–Trinajstić information content (AvgIpc) is 2.97. The fraction of sp³-hybridized carbons (Fsp3) is 0.650. The monoisotopic (exact) mass is 335 g/mol. The van der Waals surface area contributed by atoms with Crippen molar-refractivity contribution in [3.8, 4) is 0 Å². The average molecular weight is 336 g/mol. The Morgan fingerprint density at radius 1 is 1.25 bits per heavy atom. The number of allylic oxidation sites excluding steroid dienone is 4. The SMILES string of the molecule is C=C(C(/C=C\C=C\CC)=N/C)N1CC(CC)C(CN(F)CCC)C1. The molecule has 0 aromatic carbocycles. The second-order valence-electron chi connectivity index (χ2n) is 6.45. The molecule has 1 heterocycles. The van der Waals surface area contributed by atoms with E-state index < -0.39 is 0 Å². The minimum atomic E-state index is 0.352. The largest absolute Gasteiger partial charge is 0.370 e. The van der Waals surface area contributed by atoms with Gasteiger partial charge in [0.2, 0.25) is 0 Å². The summed E-state index contributed by atoms with van der Waals surface area (Å²) in [4.78, 5) is 6.64. The summed E-state index contributed by atoms with van der Waals surface area (Å²) in [5.41, 5.74) is 1.84. The summed E-state index contributed by atoms with van der Waals surface area (Å²) >= 11 is 0. The van der Waals surface area contributed by atoms with Gasteiger partial charge in [0.05, 0.1) is 11.4 Å². The van der Waals surface area contributed by atoms with E-state index in [0.29, 0.717) is 24.9 Å². The van der Waals surface area contributed by atoms with Crippen molar-refractivity contribution in [3.05, 3.63) is 36.6 Å². The van der Waals surface area contributed by atoms with Gasteiger partial charge in [0.1, 0.15) is 0 Å². The molecule has 1 fully saturated rings. The summed E-state index contributed by atoms with van der Waals surface area (Å²) in [6, 6.07) is 0. The molecule has 1 rings (SSSR count). The topological polar surface area (TPSA) is 18.8 Å². The molecule has 1 aliphatic heterocycles. The van der Waals surface area contributed by atoms with Crippen molar-refractivity contribution >= 4 is 5.71 Å². The first kappa shape index (κ1) is 20.6. The van der Waals surface area contributed by atoms with Gasteiger partial charge in [-0.2, -0.15) is 0 Å². The molecular weight excluding hydrogens is 301 g/mol. The molecule has 4 heteroatoms. The Labute approximate surface area is 147 Å². The van der Waals surface area contributed by atoms with E-state index in [9.17, 15) is 4.48 Å². The van der Waals surface area contributed by atoms with Crippen molar-refractivity contribution < 1.29 is 4.48 Å². The number of aliphatic imine (C=N–C) groups is 1. The van der Waals surface area contributed by atoms with Crippen molar-refractivity contribution in [2.45, 2.75) is 40.0 Å². The van der Waals surface area contributed by atoms with Crippen LogP contribution in [0.25, 0.3) is 0 Å². The van der Waals surface area contributed by atoms with Crippen LogP contribution in [0.1, 0.15) is 40.0 Å². The van der Waals surface area contributed by atoms with Gasteiger partial charge in [-0.25, -0.2) is 0 Å². The first-order valence-corrected chi connectivity index (χ1v) is 9.22. The highest BCUT2D eigenvalue weighted by Gasteiger charge is 2.33. The molecule has 24 heavy (non-hydrogen) atoms. The Hall–Kier alpha value is -1.42. The van der Waals surface area contributed by atoms with Gasteiger partial charge in [-0.05, 0) is 30.8 Å². The Morgan fingerprint density at radius 3 is 2.54 bits per heavy atom. The van der Waals surface area contributed by atoms with Gasteiger partial charge in [0.15, 0.2) is 0 Å². The predicted octanol–water partition coefficient (Wildman–Crippen LogP) is 4.65. The Bertz CT molecular complexity index is 468. The van der Waals surface area contributed by atoms with Crippen LogP contribution < -0.4 is 0 Å². The van der Waals surface area contributed by atoms with Gasteiger partial charge < -0.3 is 4.90 Å². The Kier molecular flexibility index (Phi) is 9.62. The highest BCUT2D eigenvalue weighted by molar-refractivity contribution is 6.07. The maximum absolute atomic E-state index is 13.9. The van der Waals surface area contributed by atoms with Crippen LogP contribution in [0, 0.1) is 11.8 Å². The highest BCUT2D eigenvalue weighted by Crippen LogP contribution is 2.29. The third kappa shape index (κ3) is 6.23. The molecule has 0 radical (unpaired) electrons. The normalized spacial score (nSPS) is 22.4. The molecule has 3 nitrogen and oxygen atoms in total. The molecule has 0 aromatic rings. The van der Waals surface area contributed by atoms with Crippen molar-refractivity contribution in [3.63, 3.8) is 0 Å². The first-order chi connectivity index (χ1) is 11.6. The molecule has 0 aliphatic carbocycles. The predicted molar refractivity (Wildman–Crippen MR) is 103 cm³/mol. The second kappa shape index (κ2) is 11.2. The van der Waals surface area contributed by atoms with E-state index in [0.717, 1.165) is 48.9 Å². The van der Waals surface area contributed by atoms with E-state index >= 15 is 0 Å². The van der Waals surface area contributed by atoms with E-state index in [1.165, 1.54) is 0 Å². The molecule has 2 atom stereocenters. The summed E-state index contributed by atoms with van der Waals surface area (Å²) in [5, 5.41) is 0.976. The van der Waals surface area contributed by atoms with Crippen molar-refractivity contribution in [2.24, 2.45) is 16.8 Å². The van der Waals surface area contributed by atoms with E-state index in [1.807, 2.05) is 25.2 Å². The van der Waals surface area contributed by atoms with E-state index in [-0.39, 0.29) is 0 Å². The van der Waals surface area contributed by atoms with Crippen LogP contribution in [0.5, 0.6) is 0 Å². The molecule has 1 saturated heterocycles. The van der Waals surface area contributed by atoms with Gasteiger partial charge in [-0.15, -0.1) is 9.60 Å². The molecule has 0 amide bonds. The van der Waals surface area contributed by atoms with Crippen LogP contribution in [-0.2, 0) is 0 Å². The van der Waals surface area contributed by atoms with Gasteiger partial charge >= 0.3 is 0 Å². The van der Waals surface area contributed by atoms with Crippen LogP contribution in [0.4, 0.5) is 4.48 Å². The molecule has 136 valence electrons. The zero-order valence-electron chi connectivity index (χ0n) is 15.8. The zero-order chi connectivity index (χ0) is 17.9. The van der Waals surface area contributed by atoms with Crippen LogP contribution in [0.3, 0.4) is 0 Å². The second-order valence-corrected chi connectivity index (χ2v) is 6.45. The lowest BCUT2D eigenvalue weighted by Gasteiger charge is -2.22. The first-order valence-electron chi connectivity index (χ1n) is 9.22. The van der Waals surface area contributed by atoms with E-state index in [1.54, 1.807) is 7.05 Å². The number of likely N-dealkylation sites (tertiary alicyclic amines) is 1. The molecule has 1 aliphatic rings. The minimum absolute atomic E-state index is 0.352. The van der Waals surface area contributed by atoms with Crippen molar-refractivity contribution in [2.75, 3.05) is 33.2 Å². The Balaban J connectivity index is 2.70. The van der Waals surface area contributed by atoms with Gasteiger partial charge in [-0.3, -0.25) is 4.99 Å². The maximum atomic E-state index is 13.9. The highest BCUT2D eigenvalue weighted by atomic mass is 19.2. The zero-order valence-corrected chi connectivity index (χ0v) is 15.8. The van der Waals surface area contributed by atoms with E-state index in [4.69, 9.17) is 0 Å². The van der Waals surface area contributed by atoms with Crippen LogP contribution in [0.2, 0.25) is 0 Å². The standard InChI is InChI=1S/C20H34FN3/c1-6-9-10-11-12-20(22-5)17(4)23-14-18(8-3)19(15-23)16-24(21)13-7-2/h9-12,18-19H,4,6-8,13-16H2,1-3,5H3/b10-9+,12-11-,22-20+. The summed E-state index contributed by atoms with van der Waals surface area (Å²) in [6.07, 6.45) is 11.1. The lowest BCUT2D eigenvalue weighted by molar-refractivity contribution is 0.00451. The summed E-state index contributed by atoms with van der Waals surface area (Å²) in [7, 11) is 1.80. The molecule has 2 unspecified atom stereocenters. The van der Waals surface area contributed by atoms with Gasteiger partial charge in [-0.1, -0.05) is 52.0 Å². The lowest BCUT2D eigenvalue weighted by atomic mass is 9.93. The van der Waals surface area contributed by atoms with Crippen LogP contribution in [0.15, 0.2) is 41.6 Å². The molecule has 0 N–H and O–H groups in total. The molecular formula is C20H34FN3. The van der Waals surface area contributed by atoms with Crippen LogP contribution >= 0.6 is 0 Å². The van der Waals surface area contributed by atoms with Gasteiger partial charge in [0.25, 0.3) is 0 Å². The van der Waals surface area contributed by atoms with Crippen molar-refractivity contribution in [1.82, 2.24) is 10.0 Å². The number of rotatable bonds is 10. The fourth-order valence-electron chi connectivity index (χ4n) is 3.24. The molecule has 0 aromatic heterocycles.